The van der Waals surface area contributed by atoms with E-state index in [-0.39, 0.29) is 24.0 Å². The molecule has 0 aliphatic carbocycles. The Hall–Kier alpha value is -1.83. The van der Waals surface area contributed by atoms with Gasteiger partial charge in [-0.1, -0.05) is 32.0 Å². The highest BCUT2D eigenvalue weighted by Crippen LogP contribution is 2.20. The number of anilines is 1. The van der Waals surface area contributed by atoms with Crippen LogP contribution in [0.2, 0.25) is 0 Å². The molecule has 130 valence electrons. The molecule has 0 aliphatic rings. The van der Waals surface area contributed by atoms with Gasteiger partial charge in [-0.3, -0.25) is 0 Å². The zero-order valence-electron chi connectivity index (χ0n) is 14.3. The minimum Gasteiger partial charge on any atom is -0.481 e. The number of benzene rings is 1. The number of pyridine rings is 1. The van der Waals surface area contributed by atoms with Crippen molar-refractivity contribution in [3.05, 3.63) is 53.7 Å². The first-order valence-corrected chi connectivity index (χ1v) is 7.78. The average Bonchev–Trinajstić information content (AvgIpc) is 2.60. The van der Waals surface area contributed by atoms with E-state index in [1.165, 1.54) is 5.56 Å². The lowest BCUT2D eigenvalue weighted by molar-refractivity contribution is 0.392. The van der Waals surface area contributed by atoms with E-state index in [4.69, 9.17) is 10.5 Å². The van der Waals surface area contributed by atoms with E-state index in [1.807, 2.05) is 24.3 Å². The van der Waals surface area contributed by atoms with E-state index in [2.05, 4.69) is 41.3 Å². The third kappa shape index (κ3) is 5.67. The summed E-state index contributed by atoms with van der Waals surface area (Å²) in [6.45, 7) is 4.83. The monoisotopic (exact) mass is 440 g/mol. The Labute approximate surface area is 160 Å². The van der Waals surface area contributed by atoms with Crippen LogP contribution >= 0.6 is 24.0 Å². The first-order chi connectivity index (χ1) is 11.1. The molecule has 1 atom stereocenters. The molecule has 2 rings (SSSR count). The van der Waals surface area contributed by atoms with E-state index >= 15 is 0 Å². The maximum Gasteiger partial charge on any atom is 0.218 e. The van der Waals surface area contributed by atoms with Gasteiger partial charge in [0.15, 0.2) is 5.96 Å². The number of hydrogen-bond donors (Lipinski definition) is 2. The van der Waals surface area contributed by atoms with Crippen LogP contribution in [0.4, 0.5) is 5.69 Å². The van der Waals surface area contributed by atoms with E-state index in [1.54, 1.807) is 13.3 Å². The van der Waals surface area contributed by atoms with Gasteiger partial charge in [0, 0.05) is 17.4 Å². The van der Waals surface area contributed by atoms with E-state index in [9.17, 15) is 0 Å². The number of nitrogens with zero attached hydrogens (tertiary/aromatic N) is 2. The predicted molar refractivity (Wildman–Crippen MR) is 110 cm³/mol. The summed E-state index contributed by atoms with van der Waals surface area (Å²) < 4.78 is 5.20. The summed E-state index contributed by atoms with van der Waals surface area (Å²) in [6, 6.07) is 12.1. The molecule has 1 heterocycles. The SMILES string of the molecule is CCC(C)c1ccc(NC(N)=NCc2cccnc2OC)cc1.I. The number of aliphatic imine (C=N–C) groups is 1. The maximum absolute atomic E-state index is 5.95. The topological polar surface area (TPSA) is 72.5 Å². The van der Waals surface area contributed by atoms with Gasteiger partial charge < -0.3 is 15.8 Å². The number of rotatable bonds is 6. The van der Waals surface area contributed by atoms with Crippen molar-refractivity contribution in [3.8, 4) is 5.88 Å². The van der Waals surface area contributed by atoms with Crippen molar-refractivity contribution in [3.63, 3.8) is 0 Å². The summed E-state index contributed by atoms with van der Waals surface area (Å²) >= 11 is 0. The van der Waals surface area contributed by atoms with Crippen LogP contribution in [0.25, 0.3) is 0 Å². The van der Waals surface area contributed by atoms with Crippen LogP contribution < -0.4 is 15.8 Å². The molecule has 0 saturated heterocycles. The third-order valence-electron chi connectivity index (χ3n) is 3.83. The van der Waals surface area contributed by atoms with E-state index < -0.39 is 0 Å². The second-order valence-corrected chi connectivity index (χ2v) is 5.43. The normalized spacial score (nSPS) is 12.2. The van der Waals surface area contributed by atoms with E-state index in [0.717, 1.165) is 17.7 Å². The molecule has 0 radical (unpaired) electrons. The molecule has 1 aromatic carbocycles. The number of aromatic nitrogens is 1. The first kappa shape index (κ1) is 20.2. The quantitative estimate of drug-likeness (QED) is 0.402. The molecular formula is C18H25IN4O. The van der Waals surface area contributed by atoms with Crippen LogP contribution in [0.5, 0.6) is 5.88 Å². The largest absolute Gasteiger partial charge is 0.481 e. The molecule has 0 bridgehead atoms. The minimum absolute atomic E-state index is 0. The van der Waals surface area contributed by atoms with Gasteiger partial charge in [-0.15, -0.1) is 24.0 Å². The summed E-state index contributed by atoms with van der Waals surface area (Å²) in [5, 5.41) is 3.10. The molecule has 0 amide bonds. The number of guanidine groups is 1. The summed E-state index contributed by atoms with van der Waals surface area (Å²) in [6.07, 6.45) is 2.82. The lowest BCUT2D eigenvalue weighted by atomic mass is 9.99. The number of hydrogen-bond acceptors (Lipinski definition) is 3. The molecule has 5 nitrogen and oxygen atoms in total. The standard InChI is InChI=1S/C18H24N4O.HI/c1-4-13(2)14-7-9-16(10-8-14)22-18(19)21-12-15-6-5-11-20-17(15)23-3;/h5-11,13H,4,12H2,1-3H3,(H3,19,21,22);1H. The summed E-state index contributed by atoms with van der Waals surface area (Å²) in [7, 11) is 1.59. The Balaban J connectivity index is 0.00000288. The predicted octanol–water partition coefficient (Wildman–Crippen LogP) is 4.15. The van der Waals surface area contributed by atoms with Crippen LogP contribution in [0, 0.1) is 0 Å². The number of ether oxygens (including phenoxy) is 1. The van der Waals surface area contributed by atoms with Crippen LogP contribution in [0.3, 0.4) is 0 Å². The number of nitrogens with two attached hydrogens (primary N) is 1. The van der Waals surface area contributed by atoms with E-state index in [0.29, 0.717) is 24.3 Å². The van der Waals surface area contributed by atoms with Crippen LogP contribution in [0.15, 0.2) is 47.6 Å². The van der Waals surface area contributed by atoms with Crippen molar-refractivity contribution in [2.45, 2.75) is 32.7 Å². The van der Waals surface area contributed by atoms with Crippen LogP contribution in [-0.4, -0.2) is 18.1 Å². The van der Waals surface area contributed by atoms with Gasteiger partial charge in [0.25, 0.3) is 0 Å². The maximum atomic E-state index is 5.95. The molecule has 0 spiro atoms. The van der Waals surface area contributed by atoms with Crippen molar-refractivity contribution in [2.75, 3.05) is 12.4 Å². The zero-order valence-corrected chi connectivity index (χ0v) is 16.7. The lowest BCUT2D eigenvalue weighted by Gasteiger charge is -2.11. The fourth-order valence-corrected chi connectivity index (χ4v) is 2.22. The molecule has 0 aliphatic heterocycles. The van der Waals surface area contributed by atoms with Gasteiger partial charge >= 0.3 is 0 Å². The van der Waals surface area contributed by atoms with Crippen molar-refractivity contribution in [1.82, 2.24) is 4.98 Å². The van der Waals surface area contributed by atoms with Crippen molar-refractivity contribution >= 4 is 35.6 Å². The lowest BCUT2D eigenvalue weighted by Crippen LogP contribution is -2.22. The molecule has 2 aromatic rings. The Morgan fingerprint density at radius 3 is 2.62 bits per heavy atom. The average molecular weight is 440 g/mol. The molecular weight excluding hydrogens is 415 g/mol. The van der Waals surface area contributed by atoms with Gasteiger partial charge in [0.1, 0.15) is 0 Å². The Morgan fingerprint density at radius 2 is 2.00 bits per heavy atom. The second kappa shape index (κ2) is 10.1. The van der Waals surface area contributed by atoms with Crippen LogP contribution in [-0.2, 0) is 6.54 Å². The van der Waals surface area contributed by atoms with Gasteiger partial charge in [-0.05, 0) is 36.1 Å². The highest BCUT2D eigenvalue weighted by Gasteiger charge is 2.04. The molecule has 6 heteroatoms. The summed E-state index contributed by atoms with van der Waals surface area (Å²) in [5.41, 5.74) is 9.10. The molecule has 0 fully saturated rings. The molecule has 1 unspecified atom stereocenters. The first-order valence-electron chi connectivity index (χ1n) is 7.78. The van der Waals surface area contributed by atoms with Crippen molar-refractivity contribution < 1.29 is 4.74 Å². The Morgan fingerprint density at radius 1 is 1.29 bits per heavy atom. The van der Waals surface area contributed by atoms with Gasteiger partial charge in [-0.2, -0.15) is 0 Å². The number of nitrogens with one attached hydrogen (secondary N) is 1. The molecule has 1 aromatic heterocycles. The number of halogens is 1. The fourth-order valence-electron chi connectivity index (χ4n) is 2.22. The van der Waals surface area contributed by atoms with Gasteiger partial charge in [0.05, 0.1) is 13.7 Å². The van der Waals surface area contributed by atoms with Crippen LogP contribution in [0.1, 0.15) is 37.3 Å². The molecule has 24 heavy (non-hydrogen) atoms. The Bertz CT molecular complexity index is 658. The van der Waals surface area contributed by atoms with Crippen molar-refractivity contribution in [1.29, 1.82) is 0 Å². The second-order valence-electron chi connectivity index (χ2n) is 5.43. The minimum atomic E-state index is 0. The zero-order chi connectivity index (χ0) is 16.7. The molecule has 0 saturated carbocycles. The van der Waals surface area contributed by atoms with Gasteiger partial charge in [0.2, 0.25) is 5.88 Å². The summed E-state index contributed by atoms with van der Waals surface area (Å²) in [5.74, 6) is 1.50. The highest BCUT2D eigenvalue weighted by molar-refractivity contribution is 14.0. The van der Waals surface area contributed by atoms with Crippen molar-refractivity contribution in [2.24, 2.45) is 10.7 Å². The van der Waals surface area contributed by atoms with Gasteiger partial charge in [-0.25, -0.2) is 9.98 Å². The highest BCUT2D eigenvalue weighted by atomic mass is 127. The third-order valence-corrected chi connectivity index (χ3v) is 3.83. The smallest absolute Gasteiger partial charge is 0.218 e. The number of methoxy groups -OCH3 is 1. The fraction of sp³-hybridized carbons (Fsp3) is 0.333. The molecule has 3 N–H and O–H groups in total. The Kier molecular flexibility index (Phi) is 8.53. The summed E-state index contributed by atoms with van der Waals surface area (Å²) in [4.78, 5) is 8.48.